The Hall–Kier alpha value is -4.83. The number of rotatable bonds is 7. The van der Waals surface area contributed by atoms with Gasteiger partial charge in [-0.25, -0.2) is 36.4 Å². The molecule has 1 atom stereocenters. The second-order valence-corrected chi connectivity index (χ2v) is 15.2. The van der Waals surface area contributed by atoms with Gasteiger partial charge in [0.15, 0.2) is 11.9 Å². The number of amides is 1. The zero-order valence-corrected chi connectivity index (χ0v) is 29.4. The van der Waals surface area contributed by atoms with Crippen LogP contribution in [-0.4, -0.2) is 66.7 Å². The van der Waals surface area contributed by atoms with E-state index in [9.17, 15) is 18.0 Å². The number of piperidine rings is 1. The highest BCUT2D eigenvalue weighted by atomic mass is 35.5. The Labute approximate surface area is 296 Å². The first-order valence-corrected chi connectivity index (χ1v) is 17.7. The van der Waals surface area contributed by atoms with E-state index >= 15 is 13.2 Å². The summed E-state index contributed by atoms with van der Waals surface area (Å²) >= 11 is 6.17. The number of likely N-dealkylation sites (tertiary alicyclic amines) is 1. The predicted octanol–water partition coefficient (Wildman–Crippen LogP) is 6.98. The second kappa shape index (κ2) is 13.7. The summed E-state index contributed by atoms with van der Waals surface area (Å²) < 4.78 is 91.9. The minimum Gasteiger partial charge on any atom is -0.487 e. The highest BCUT2D eigenvalue weighted by molar-refractivity contribution is 7.92. The van der Waals surface area contributed by atoms with Crippen LogP contribution in [0.5, 0.6) is 5.75 Å². The van der Waals surface area contributed by atoms with Crippen molar-refractivity contribution in [3.8, 4) is 16.9 Å². The first kappa shape index (κ1) is 36.0. The lowest BCUT2D eigenvalue weighted by Crippen LogP contribution is -2.44. The lowest BCUT2D eigenvalue weighted by molar-refractivity contribution is -0.147. The number of halogens is 4. The van der Waals surface area contributed by atoms with Crippen LogP contribution in [0.4, 0.5) is 29.6 Å². The number of carbonyl (C=O) groups is 2. The third-order valence-corrected chi connectivity index (χ3v) is 9.70. The molecule has 1 fully saturated rings. The van der Waals surface area contributed by atoms with Gasteiger partial charge in [-0.05, 0) is 75.6 Å². The van der Waals surface area contributed by atoms with Crippen molar-refractivity contribution in [2.45, 2.75) is 63.2 Å². The van der Waals surface area contributed by atoms with Crippen LogP contribution < -0.4 is 14.8 Å². The van der Waals surface area contributed by atoms with E-state index in [2.05, 4.69) is 20.0 Å². The van der Waals surface area contributed by atoms with Crippen LogP contribution in [0.3, 0.4) is 0 Å². The number of carbonyl (C=O) groups excluding carboxylic acids is 2. The van der Waals surface area contributed by atoms with E-state index in [0.29, 0.717) is 25.9 Å². The molecule has 0 spiro atoms. The maximum atomic E-state index is 16.0. The molecule has 0 saturated carbocycles. The Balaban J connectivity index is 1.22. The predicted molar refractivity (Wildman–Crippen MR) is 182 cm³/mol. The van der Waals surface area contributed by atoms with Crippen LogP contribution in [0.1, 0.15) is 52.2 Å². The minimum absolute atomic E-state index is 0.0205. The summed E-state index contributed by atoms with van der Waals surface area (Å²) in [6, 6.07) is 6.27. The zero-order valence-electron chi connectivity index (χ0n) is 27.9. The largest absolute Gasteiger partial charge is 0.487 e. The van der Waals surface area contributed by atoms with Gasteiger partial charge in [0.25, 0.3) is 10.0 Å². The van der Waals surface area contributed by atoms with Crippen molar-refractivity contribution in [2.75, 3.05) is 29.7 Å². The topological polar surface area (TPSA) is 149 Å². The molecular formula is C34H33ClF3N5O7S. The molecule has 51 heavy (non-hydrogen) atoms. The molecular weight excluding hydrogens is 715 g/mol. The van der Waals surface area contributed by atoms with Crippen LogP contribution in [0, 0.1) is 17.5 Å². The monoisotopic (exact) mass is 747 g/mol. The first-order valence-electron chi connectivity index (χ1n) is 15.8. The third-order valence-electron chi connectivity index (χ3n) is 8.11. The average Bonchev–Trinajstić information content (AvgIpc) is 3.43. The van der Waals surface area contributed by atoms with Crippen molar-refractivity contribution in [1.29, 1.82) is 0 Å². The first-order chi connectivity index (χ1) is 24.0. The Morgan fingerprint density at radius 2 is 1.78 bits per heavy atom. The lowest BCUT2D eigenvalue weighted by Gasteiger charge is -2.33. The van der Waals surface area contributed by atoms with Crippen molar-refractivity contribution < 1.29 is 45.4 Å². The number of aromatic nitrogens is 2. The number of sulfonamides is 1. The maximum Gasteiger partial charge on any atom is 0.410 e. The summed E-state index contributed by atoms with van der Waals surface area (Å²) in [5.41, 5.74) is -2.08. The molecule has 0 aliphatic carbocycles. The van der Waals surface area contributed by atoms with Gasteiger partial charge >= 0.3 is 12.1 Å². The lowest BCUT2D eigenvalue weighted by atomic mass is 10.0. The Bertz CT molecular complexity index is 2160. The van der Waals surface area contributed by atoms with Crippen molar-refractivity contribution in [2.24, 2.45) is 0 Å². The molecule has 2 aliphatic rings. The van der Waals surface area contributed by atoms with Crippen LogP contribution in [0.25, 0.3) is 22.0 Å². The minimum atomic E-state index is -4.61. The fraction of sp³-hybridized carbons (Fsp3) is 0.353. The summed E-state index contributed by atoms with van der Waals surface area (Å²) in [6.07, 6.45) is 1.14. The van der Waals surface area contributed by atoms with Gasteiger partial charge in [0.1, 0.15) is 40.0 Å². The molecule has 1 saturated heterocycles. The van der Waals surface area contributed by atoms with E-state index < -0.39 is 67.4 Å². The molecule has 0 radical (unpaired) electrons. The molecule has 0 unspecified atom stereocenters. The summed E-state index contributed by atoms with van der Waals surface area (Å²) in [5.74, 6) is -3.92. The van der Waals surface area contributed by atoms with Gasteiger partial charge in [0.2, 0.25) is 5.95 Å². The van der Waals surface area contributed by atoms with Gasteiger partial charge in [0, 0.05) is 48.2 Å². The molecule has 2 aliphatic heterocycles. The Kier molecular flexibility index (Phi) is 9.67. The molecule has 1 amide bonds. The van der Waals surface area contributed by atoms with Gasteiger partial charge in [-0.1, -0.05) is 11.6 Å². The van der Waals surface area contributed by atoms with E-state index in [1.165, 1.54) is 25.3 Å². The average molecular weight is 748 g/mol. The Morgan fingerprint density at radius 1 is 1.06 bits per heavy atom. The normalized spacial score (nSPS) is 16.4. The van der Waals surface area contributed by atoms with Crippen LogP contribution in [-0.2, 0) is 24.3 Å². The van der Waals surface area contributed by atoms with Crippen molar-refractivity contribution in [3.05, 3.63) is 70.6 Å². The summed E-state index contributed by atoms with van der Waals surface area (Å²) in [6.45, 7) is 7.27. The van der Waals surface area contributed by atoms with Crippen molar-refractivity contribution in [3.63, 3.8) is 0 Å². The van der Waals surface area contributed by atoms with Gasteiger partial charge in [-0.15, -0.1) is 0 Å². The number of hydrogen-bond acceptors (Lipinski definition) is 10. The van der Waals surface area contributed by atoms with Gasteiger partial charge in [-0.2, -0.15) is 0 Å². The quantitative estimate of drug-likeness (QED) is 0.190. The second-order valence-electron chi connectivity index (χ2n) is 13.1. The Morgan fingerprint density at radius 3 is 2.47 bits per heavy atom. The number of hydrogen-bond donors (Lipinski definition) is 2. The smallest absolute Gasteiger partial charge is 0.410 e. The van der Waals surface area contributed by atoms with E-state index in [0.717, 1.165) is 24.3 Å². The van der Waals surface area contributed by atoms with E-state index in [1.807, 2.05) is 0 Å². The number of nitrogens with one attached hydrogen (secondary N) is 2. The molecule has 3 aromatic carbocycles. The maximum absolute atomic E-state index is 16.0. The van der Waals surface area contributed by atoms with Crippen LogP contribution >= 0.6 is 11.6 Å². The summed E-state index contributed by atoms with van der Waals surface area (Å²) in [5, 5.41) is 3.27. The van der Waals surface area contributed by atoms with E-state index in [1.54, 1.807) is 25.7 Å². The number of nitrogens with zero attached hydrogens (tertiary/aromatic N) is 3. The molecule has 0 bridgehead atoms. The number of anilines is 2. The molecule has 3 heterocycles. The highest BCUT2D eigenvalue weighted by Crippen LogP contribution is 2.43. The molecule has 270 valence electrons. The third kappa shape index (κ3) is 7.76. The van der Waals surface area contributed by atoms with E-state index in [4.69, 9.17) is 25.8 Å². The molecule has 4 aromatic rings. The standard InChI is InChI=1S/C34H33ClF3N5O7S/c1-17(44)49-26-16-48-31-22(26)13-20(35)14-27(31)51(46,47)42-25-6-5-23(36)28(29(25)38)18-11-19-15-39-32(41-30(19)24(37)12-18)40-21-7-9-43(10-8-21)33(45)50-34(2,3)4/h5-6,11-15,21,26,42H,7-10,16H2,1-4H3,(H,39,40,41)/t26-/m1/s1. The van der Waals surface area contributed by atoms with Crippen molar-refractivity contribution in [1.82, 2.24) is 14.9 Å². The van der Waals surface area contributed by atoms with E-state index in [-0.39, 0.29) is 51.4 Å². The molecule has 2 N–H and O–H groups in total. The van der Waals surface area contributed by atoms with Gasteiger partial charge in [-0.3, -0.25) is 9.52 Å². The molecule has 17 heteroatoms. The fourth-order valence-electron chi connectivity index (χ4n) is 5.86. The number of fused-ring (bicyclic) bond motifs is 2. The van der Waals surface area contributed by atoms with Gasteiger partial charge < -0.3 is 24.4 Å². The fourth-order valence-corrected chi connectivity index (χ4v) is 7.41. The zero-order chi connectivity index (χ0) is 36.8. The highest BCUT2D eigenvalue weighted by Gasteiger charge is 2.35. The summed E-state index contributed by atoms with van der Waals surface area (Å²) in [7, 11) is -4.61. The number of esters is 1. The number of ether oxygens (including phenoxy) is 3. The molecule has 1 aromatic heterocycles. The van der Waals surface area contributed by atoms with Crippen LogP contribution in [0.15, 0.2) is 47.5 Å². The summed E-state index contributed by atoms with van der Waals surface area (Å²) in [4.78, 5) is 33.6. The molecule has 12 nitrogen and oxygen atoms in total. The van der Waals surface area contributed by atoms with Crippen molar-refractivity contribution >= 4 is 56.2 Å². The number of benzene rings is 3. The van der Waals surface area contributed by atoms with Crippen LogP contribution in [0.2, 0.25) is 5.02 Å². The molecule has 6 rings (SSSR count). The SMILES string of the molecule is CC(=O)O[C@@H]1COc2c1cc(Cl)cc2S(=O)(=O)Nc1ccc(F)c(-c2cc(F)c3nc(NC4CCN(C(=O)OC(C)(C)C)CC4)ncc3c2)c1F. The van der Waals surface area contributed by atoms with Gasteiger partial charge in [0.05, 0.1) is 11.3 Å².